The molecule has 20 heavy (non-hydrogen) atoms. The molecule has 5 nitrogen and oxygen atoms in total. The van der Waals surface area contributed by atoms with Crippen molar-refractivity contribution >= 4 is 0 Å². The van der Waals surface area contributed by atoms with Crippen molar-refractivity contribution in [2.24, 2.45) is 0 Å². The number of hydrogen-bond acceptors (Lipinski definition) is 5. The first-order chi connectivity index (χ1) is 9.47. The molecule has 2 heterocycles. The molecule has 2 aromatic heterocycles. The minimum Gasteiger partial charge on any atom is -0.338 e. The Morgan fingerprint density at radius 1 is 1.20 bits per heavy atom. The number of rotatable bonds is 5. The third-order valence-corrected chi connectivity index (χ3v) is 3.37. The van der Waals surface area contributed by atoms with E-state index in [0.29, 0.717) is 30.2 Å². The SMILES string of the molecule is CC(C)c1ccc(-c2noc(CN(C)C(C)C)n2)cn1. The Kier molecular flexibility index (Phi) is 4.49. The van der Waals surface area contributed by atoms with E-state index in [1.165, 1.54) is 0 Å². The summed E-state index contributed by atoms with van der Waals surface area (Å²) in [5.74, 6) is 1.65. The van der Waals surface area contributed by atoms with Gasteiger partial charge < -0.3 is 4.52 Å². The average Bonchev–Trinajstić information content (AvgIpc) is 2.87. The van der Waals surface area contributed by atoms with Gasteiger partial charge in [0, 0.05) is 23.5 Å². The Hall–Kier alpha value is -1.75. The molecule has 0 spiro atoms. The van der Waals surface area contributed by atoms with Crippen LogP contribution in [0.1, 0.15) is 45.2 Å². The van der Waals surface area contributed by atoms with Crippen molar-refractivity contribution < 1.29 is 4.52 Å². The maximum absolute atomic E-state index is 5.29. The Morgan fingerprint density at radius 2 is 1.95 bits per heavy atom. The van der Waals surface area contributed by atoms with Crippen LogP contribution in [0.3, 0.4) is 0 Å². The highest BCUT2D eigenvalue weighted by molar-refractivity contribution is 5.52. The summed E-state index contributed by atoms with van der Waals surface area (Å²) in [4.78, 5) is 11.0. The largest absolute Gasteiger partial charge is 0.338 e. The monoisotopic (exact) mass is 274 g/mol. The Balaban J connectivity index is 2.12. The highest BCUT2D eigenvalue weighted by Crippen LogP contribution is 2.18. The lowest BCUT2D eigenvalue weighted by molar-refractivity contribution is 0.226. The lowest BCUT2D eigenvalue weighted by Gasteiger charge is -2.17. The van der Waals surface area contributed by atoms with Crippen molar-refractivity contribution in [3.63, 3.8) is 0 Å². The van der Waals surface area contributed by atoms with Gasteiger partial charge in [0.15, 0.2) is 0 Å². The first kappa shape index (κ1) is 14.7. The highest BCUT2D eigenvalue weighted by Gasteiger charge is 2.12. The van der Waals surface area contributed by atoms with Gasteiger partial charge in [-0.25, -0.2) is 0 Å². The van der Waals surface area contributed by atoms with Crippen LogP contribution >= 0.6 is 0 Å². The molecule has 0 unspecified atom stereocenters. The quantitative estimate of drug-likeness (QED) is 0.838. The zero-order valence-corrected chi connectivity index (χ0v) is 12.8. The Bertz CT molecular complexity index is 545. The standard InChI is InChI=1S/C15H22N4O/c1-10(2)13-7-6-12(8-16-13)15-17-14(20-18-15)9-19(5)11(3)4/h6-8,10-11H,9H2,1-5H3. The summed E-state index contributed by atoms with van der Waals surface area (Å²) in [6.45, 7) is 9.16. The van der Waals surface area contributed by atoms with Crippen LogP contribution in [0.25, 0.3) is 11.4 Å². The predicted octanol–water partition coefficient (Wildman–Crippen LogP) is 3.10. The Morgan fingerprint density at radius 3 is 2.50 bits per heavy atom. The molecule has 0 saturated heterocycles. The molecule has 0 aliphatic carbocycles. The van der Waals surface area contributed by atoms with Gasteiger partial charge in [-0.05, 0) is 38.9 Å². The van der Waals surface area contributed by atoms with Gasteiger partial charge in [-0.3, -0.25) is 9.88 Å². The summed E-state index contributed by atoms with van der Waals surface area (Å²) < 4.78 is 5.29. The second-order valence-corrected chi connectivity index (χ2v) is 5.65. The van der Waals surface area contributed by atoms with E-state index in [1.54, 1.807) is 6.20 Å². The molecule has 0 amide bonds. The van der Waals surface area contributed by atoms with E-state index >= 15 is 0 Å². The predicted molar refractivity (Wildman–Crippen MR) is 78.2 cm³/mol. The highest BCUT2D eigenvalue weighted by atomic mass is 16.5. The molecule has 0 aromatic carbocycles. The third-order valence-electron chi connectivity index (χ3n) is 3.37. The molecule has 0 saturated carbocycles. The summed E-state index contributed by atoms with van der Waals surface area (Å²) in [5, 5.41) is 4.02. The van der Waals surface area contributed by atoms with E-state index in [1.807, 2.05) is 19.2 Å². The van der Waals surface area contributed by atoms with Gasteiger partial charge in [0.1, 0.15) is 0 Å². The fourth-order valence-corrected chi connectivity index (χ4v) is 1.71. The summed E-state index contributed by atoms with van der Waals surface area (Å²) in [6, 6.07) is 4.44. The summed E-state index contributed by atoms with van der Waals surface area (Å²) in [6.07, 6.45) is 1.80. The maximum Gasteiger partial charge on any atom is 0.241 e. The molecule has 0 atom stereocenters. The smallest absolute Gasteiger partial charge is 0.241 e. The third kappa shape index (κ3) is 3.42. The van der Waals surface area contributed by atoms with E-state index in [2.05, 4.69) is 47.7 Å². The van der Waals surface area contributed by atoms with Crippen LogP contribution in [0.2, 0.25) is 0 Å². The lowest BCUT2D eigenvalue weighted by atomic mass is 10.1. The van der Waals surface area contributed by atoms with Crippen molar-refractivity contribution in [3.8, 4) is 11.4 Å². The Labute approximate surface area is 120 Å². The molecular weight excluding hydrogens is 252 g/mol. The van der Waals surface area contributed by atoms with Crippen LogP contribution in [-0.4, -0.2) is 33.1 Å². The first-order valence-electron chi connectivity index (χ1n) is 6.96. The van der Waals surface area contributed by atoms with Crippen LogP contribution in [0.15, 0.2) is 22.9 Å². The van der Waals surface area contributed by atoms with E-state index in [-0.39, 0.29) is 0 Å². The maximum atomic E-state index is 5.29. The van der Waals surface area contributed by atoms with Gasteiger partial charge in [-0.15, -0.1) is 0 Å². The van der Waals surface area contributed by atoms with Gasteiger partial charge >= 0.3 is 0 Å². The number of pyridine rings is 1. The van der Waals surface area contributed by atoms with Gasteiger partial charge in [0.2, 0.25) is 11.7 Å². The molecule has 5 heteroatoms. The zero-order valence-electron chi connectivity index (χ0n) is 12.8. The minimum atomic E-state index is 0.421. The normalized spacial score (nSPS) is 11.8. The zero-order chi connectivity index (χ0) is 14.7. The molecule has 0 aliphatic heterocycles. The molecule has 0 bridgehead atoms. The topological polar surface area (TPSA) is 55.1 Å². The lowest BCUT2D eigenvalue weighted by Crippen LogP contribution is -2.25. The number of hydrogen-bond donors (Lipinski definition) is 0. The van der Waals surface area contributed by atoms with Crippen molar-refractivity contribution in [2.75, 3.05) is 7.05 Å². The number of nitrogens with zero attached hydrogens (tertiary/aromatic N) is 4. The molecule has 0 aliphatic rings. The second kappa shape index (κ2) is 6.13. The van der Waals surface area contributed by atoms with Gasteiger partial charge in [-0.2, -0.15) is 4.98 Å². The van der Waals surface area contributed by atoms with Gasteiger partial charge in [0.05, 0.1) is 6.54 Å². The molecule has 2 rings (SSSR count). The van der Waals surface area contributed by atoms with Crippen LogP contribution in [-0.2, 0) is 6.54 Å². The summed E-state index contributed by atoms with van der Waals surface area (Å²) in [5.41, 5.74) is 1.95. The minimum absolute atomic E-state index is 0.421. The fourth-order valence-electron chi connectivity index (χ4n) is 1.71. The van der Waals surface area contributed by atoms with Crippen LogP contribution in [0.4, 0.5) is 0 Å². The molecule has 2 aromatic rings. The molecular formula is C15H22N4O. The first-order valence-corrected chi connectivity index (χ1v) is 6.96. The van der Waals surface area contributed by atoms with Crippen LogP contribution in [0.5, 0.6) is 0 Å². The van der Waals surface area contributed by atoms with E-state index in [4.69, 9.17) is 4.52 Å². The molecule has 0 fully saturated rings. The summed E-state index contributed by atoms with van der Waals surface area (Å²) in [7, 11) is 2.04. The van der Waals surface area contributed by atoms with Crippen molar-refractivity contribution in [2.45, 2.75) is 46.2 Å². The van der Waals surface area contributed by atoms with E-state index < -0.39 is 0 Å². The van der Waals surface area contributed by atoms with Crippen molar-refractivity contribution in [1.29, 1.82) is 0 Å². The summed E-state index contributed by atoms with van der Waals surface area (Å²) >= 11 is 0. The van der Waals surface area contributed by atoms with Crippen molar-refractivity contribution in [3.05, 3.63) is 29.9 Å². The second-order valence-electron chi connectivity index (χ2n) is 5.65. The average molecular weight is 274 g/mol. The van der Waals surface area contributed by atoms with E-state index in [9.17, 15) is 0 Å². The molecule has 108 valence electrons. The van der Waals surface area contributed by atoms with E-state index in [0.717, 1.165) is 11.3 Å². The van der Waals surface area contributed by atoms with Crippen LogP contribution in [0, 0.1) is 0 Å². The van der Waals surface area contributed by atoms with Gasteiger partial charge in [0.25, 0.3) is 0 Å². The van der Waals surface area contributed by atoms with Gasteiger partial charge in [-0.1, -0.05) is 19.0 Å². The van der Waals surface area contributed by atoms with Crippen LogP contribution < -0.4 is 0 Å². The molecule has 0 N–H and O–H groups in total. The fraction of sp³-hybridized carbons (Fsp3) is 0.533. The number of aromatic nitrogens is 3. The molecule has 0 radical (unpaired) electrons. The van der Waals surface area contributed by atoms with Crippen molar-refractivity contribution in [1.82, 2.24) is 20.0 Å².